The summed E-state index contributed by atoms with van der Waals surface area (Å²) in [5.74, 6) is 0.324. The first-order valence-electron chi connectivity index (χ1n) is 9.10. The molecule has 27 heavy (non-hydrogen) atoms. The fourth-order valence-corrected chi connectivity index (χ4v) is 3.12. The molecule has 3 rings (SSSR count). The first kappa shape index (κ1) is 18.9. The molecule has 1 aromatic rings. The molecule has 0 saturated carbocycles. The number of carbonyl (C=O) groups is 3. The van der Waals surface area contributed by atoms with Crippen LogP contribution >= 0.6 is 0 Å². The van der Waals surface area contributed by atoms with Gasteiger partial charge in [0.2, 0.25) is 12.4 Å². The molecule has 0 N–H and O–H groups in total. The van der Waals surface area contributed by atoms with Gasteiger partial charge in [-0.05, 0) is 13.0 Å². The molecule has 0 spiro atoms. The second-order valence-electron chi connectivity index (χ2n) is 6.35. The van der Waals surface area contributed by atoms with Crippen molar-refractivity contribution < 1.29 is 19.1 Å². The predicted octanol–water partition coefficient (Wildman–Crippen LogP) is -0.331. The smallest absolute Gasteiger partial charge is 0.409 e. The summed E-state index contributed by atoms with van der Waals surface area (Å²) >= 11 is 0. The third-order valence-corrected chi connectivity index (χ3v) is 4.70. The van der Waals surface area contributed by atoms with E-state index in [-0.39, 0.29) is 12.0 Å². The van der Waals surface area contributed by atoms with E-state index in [1.54, 1.807) is 33.9 Å². The molecule has 0 aromatic carbocycles. The number of hydrogen-bond acceptors (Lipinski definition) is 7. The molecule has 2 saturated heterocycles. The molecule has 0 unspecified atom stereocenters. The van der Waals surface area contributed by atoms with Crippen LogP contribution in [0.15, 0.2) is 12.3 Å². The fraction of sp³-hybridized carbons (Fsp3) is 0.588. The van der Waals surface area contributed by atoms with Crippen molar-refractivity contribution in [2.75, 3.05) is 63.9 Å². The fourth-order valence-electron chi connectivity index (χ4n) is 3.12. The Kier molecular flexibility index (Phi) is 6.05. The van der Waals surface area contributed by atoms with E-state index in [1.807, 2.05) is 4.90 Å². The first-order valence-corrected chi connectivity index (χ1v) is 9.10. The summed E-state index contributed by atoms with van der Waals surface area (Å²) in [6.07, 6.45) is 2.08. The van der Waals surface area contributed by atoms with Crippen LogP contribution < -0.4 is 4.90 Å². The molecular weight excluding hydrogens is 352 g/mol. The molecule has 0 bridgehead atoms. The standard InChI is InChI=1S/C17H24N6O4/c1-2-27-17(26)23-11-9-21(10-12-23)15(25)14-3-4-18-16(19-14)22-7-5-20(13-24)6-8-22/h3-4,13H,2,5-12H2,1H3. The molecular formula is C17H24N6O4. The summed E-state index contributed by atoms with van der Waals surface area (Å²) in [6.45, 7) is 6.35. The topological polar surface area (TPSA) is 99.2 Å². The number of amides is 3. The van der Waals surface area contributed by atoms with Crippen LogP contribution in [0.3, 0.4) is 0 Å². The van der Waals surface area contributed by atoms with Crippen molar-refractivity contribution in [2.24, 2.45) is 0 Å². The highest BCUT2D eigenvalue weighted by atomic mass is 16.6. The molecule has 10 nitrogen and oxygen atoms in total. The van der Waals surface area contributed by atoms with Crippen LogP contribution in [0, 0.1) is 0 Å². The van der Waals surface area contributed by atoms with Gasteiger partial charge in [0.1, 0.15) is 5.69 Å². The Morgan fingerprint density at radius 2 is 1.74 bits per heavy atom. The Bertz CT molecular complexity index is 684. The van der Waals surface area contributed by atoms with Gasteiger partial charge >= 0.3 is 6.09 Å². The van der Waals surface area contributed by atoms with Gasteiger partial charge < -0.3 is 24.3 Å². The molecule has 2 fully saturated rings. The molecule has 1 aromatic heterocycles. The number of carbonyl (C=O) groups excluding carboxylic acids is 3. The Morgan fingerprint density at radius 3 is 2.37 bits per heavy atom. The van der Waals surface area contributed by atoms with Gasteiger partial charge in [0.25, 0.3) is 5.91 Å². The van der Waals surface area contributed by atoms with Crippen molar-refractivity contribution >= 4 is 24.4 Å². The Labute approximate surface area is 157 Å². The SMILES string of the molecule is CCOC(=O)N1CCN(C(=O)c2ccnc(N3CCN(C=O)CC3)n2)CC1. The summed E-state index contributed by atoms with van der Waals surface area (Å²) in [6, 6.07) is 1.60. The predicted molar refractivity (Wildman–Crippen MR) is 96.4 cm³/mol. The monoisotopic (exact) mass is 376 g/mol. The lowest BCUT2D eigenvalue weighted by molar-refractivity contribution is -0.118. The zero-order chi connectivity index (χ0) is 19.2. The van der Waals surface area contributed by atoms with E-state index >= 15 is 0 Å². The molecule has 2 aliphatic heterocycles. The van der Waals surface area contributed by atoms with Crippen LogP contribution in [0.2, 0.25) is 0 Å². The Morgan fingerprint density at radius 1 is 1.07 bits per heavy atom. The average Bonchev–Trinajstić information content (AvgIpc) is 2.73. The van der Waals surface area contributed by atoms with Gasteiger partial charge in [-0.1, -0.05) is 0 Å². The van der Waals surface area contributed by atoms with Crippen molar-refractivity contribution in [1.29, 1.82) is 0 Å². The van der Waals surface area contributed by atoms with Crippen LogP contribution in [0.1, 0.15) is 17.4 Å². The molecule has 3 amide bonds. The van der Waals surface area contributed by atoms with Crippen LogP contribution in [-0.2, 0) is 9.53 Å². The number of aromatic nitrogens is 2. The van der Waals surface area contributed by atoms with Crippen molar-refractivity contribution in [3.8, 4) is 0 Å². The quantitative estimate of drug-likeness (QED) is 0.664. The van der Waals surface area contributed by atoms with Crippen LogP contribution in [0.25, 0.3) is 0 Å². The Balaban J connectivity index is 1.59. The normalized spacial score (nSPS) is 17.7. The van der Waals surface area contributed by atoms with Gasteiger partial charge in [0.05, 0.1) is 6.61 Å². The van der Waals surface area contributed by atoms with Gasteiger partial charge in [-0.15, -0.1) is 0 Å². The van der Waals surface area contributed by atoms with E-state index in [4.69, 9.17) is 4.74 Å². The zero-order valence-electron chi connectivity index (χ0n) is 15.4. The lowest BCUT2D eigenvalue weighted by Crippen LogP contribution is -2.51. The van der Waals surface area contributed by atoms with E-state index in [9.17, 15) is 14.4 Å². The van der Waals surface area contributed by atoms with E-state index < -0.39 is 0 Å². The number of ether oxygens (including phenoxy) is 1. The maximum atomic E-state index is 12.8. The number of rotatable bonds is 4. The average molecular weight is 376 g/mol. The van der Waals surface area contributed by atoms with E-state index in [0.29, 0.717) is 70.6 Å². The highest BCUT2D eigenvalue weighted by Crippen LogP contribution is 2.13. The molecule has 2 aliphatic rings. The minimum absolute atomic E-state index is 0.173. The number of anilines is 1. The zero-order valence-corrected chi connectivity index (χ0v) is 15.4. The maximum absolute atomic E-state index is 12.8. The second-order valence-corrected chi connectivity index (χ2v) is 6.35. The Hall–Kier alpha value is -2.91. The molecule has 0 atom stereocenters. The molecule has 146 valence electrons. The van der Waals surface area contributed by atoms with Gasteiger partial charge in [-0.3, -0.25) is 9.59 Å². The highest BCUT2D eigenvalue weighted by Gasteiger charge is 2.27. The molecule has 0 radical (unpaired) electrons. The van der Waals surface area contributed by atoms with Crippen molar-refractivity contribution in [1.82, 2.24) is 24.7 Å². The van der Waals surface area contributed by atoms with Gasteiger partial charge in [-0.25, -0.2) is 14.8 Å². The summed E-state index contributed by atoms with van der Waals surface area (Å²) in [5.41, 5.74) is 0.336. The van der Waals surface area contributed by atoms with Gasteiger partial charge in [0.15, 0.2) is 0 Å². The van der Waals surface area contributed by atoms with E-state index in [0.717, 1.165) is 6.41 Å². The minimum Gasteiger partial charge on any atom is -0.450 e. The first-order chi connectivity index (χ1) is 13.1. The van der Waals surface area contributed by atoms with E-state index in [2.05, 4.69) is 9.97 Å². The molecule has 0 aliphatic carbocycles. The van der Waals surface area contributed by atoms with Crippen molar-refractivity contribution in [3.63, 3.8) is 0 Å². The van der Waals surface area contributed by atoms with Crippen LogP contribution in [0.5, 0.6) is 0 Å². The third-order valence-electron chi connectivity index (χ3n) is 4.70. The lowest BCUT2D eigenvalue weighted by atomic mass is 10.2. The third kappa shape index (κ3) is 4.44. The minimum atomic E-state index is -0.344. The van der Waals surface area contributed by atoms with Crippen molar-refractivity contribution in [3.05, 3.63) is 18.0 Å². The highest BCUT2D eigenvalue weighted by molar-refractivity contribution is 5.92. The summed E-state index contributed by atoms with van der Waals surface area (Å²) in [4.78, 5) is 51.0. The summed E-state index contributed by atoms with van der Waals surface area (Å²) in [7, 11) is 0. The van der Waals surface area contributed by atoms with Crippen LogP contribution in [0.4, 0.5) is 10.7 Å². The van der Waals surface area contributed by atoms with Gasteiger partial charge in [-0.2, -0.15) is 0 Å². The van der Waals surface area contributed by atoms with Crippen molar-refractivity contribution in [2.45, 2.75) is 6.92 Å². The number of piperazine rings is 2. The molecule has 3 heterocycles. The maximum Gasteiger partial charge on any atom is 0.409 e. The number of nitrogens with zero attached hydrogens (tertiary/aromatic N) is 6. The largest absolute Gasteiger partial charge is 0.450 e. The van der Waals surface area contributed by atoms with E-state index in [1.165, 1.54) is 0 Å². The summed E-state index contributed by atoms with van der Waals surface area (Å²) in [5, 5.41) is 0. The second kappa shape index (κ2) is 8.65. The summed E-state index contributed by atoms with van der Waals surface area (Å²) < 4.78 is 4.99. The lowest BCUT2D eigenvalue weighted by Gasteiger charge is -2.34. The van der Waals surface area contributed by atoms with Crippen LogP contribution in [-0.4, -0.2) is 102 Å². The number of hydrogen-bond donors (Lipinski definition) is 0. The van der Waals surface area contributed by atoms with Gasteiger partial charge in [0, 0.05) is 58.6 Å². The molecule has 10 heteroatoms.